The largest absolute Gasteiger partial charge is 0.351 e. The van der Waals surface area contributed by atoms with Crippen molar-refractivity contribution in [3.8, 4) is 10.7 Å². The number of thiophene rings is 1. The van der Waals surface area contributed by atoms with Crippen molar-refractivity contribution in [2.45, 2.75) is 18.1 Å². The predicted octanol–water partition coefficient (Wildman–Crippen LogP) is 5.10. The first-order valence-electron chi connectivity index (χ1n) is 7.40. The molecule has 0 saturated heterocycles. The summed E-state index contributed by atoms with van der Waals surface area (Å²) in [7, 11) is -1.26. The number of hydrogen-bond donors (Lipinski definition) is 2. The number of para-hydroxylation sites is 1. The lowest BCUT2D eigenvalue weighted by atomic mass is 10.2. The maximum atomic E-state index is 12.4. The number of H-pyrrole nitrogens is 1. The number of rotatable bonds is 4. The molecule has 7 heteroatoms. The van der Waals surface area contributed by atoms with Gasteiger partial charge in [-0.25, -0.2) is 9.19 Å². The van der Waals surface area contributed by atoms with Crippen molar-refractivity contribution in [1.82, 2.24) is 9.97 Å². The number of aryl methyl sites for hydroxylation is 2. The van der Waals surface area contributed by atoms with Crippen LogP contribution in [0.1, 0.15) is 10.6 Å². The van der Waals surface area contributed by atoms with Crippen LogP contribution in [0, 0.1) is 13.8 Å². The second-order valence-electron chi connectivity index (χ2n) is 5.42. The molecule has 0 aliphatic rings. The molecule has 122 valence electrons. The molecular formula is C17H15N3OS3. The summed E-state index contributed by atoms with van der Waals surface area (Å²) in [5.74, 6) is 0. The zero-order valence-electron chi connectivity index (χ0n) is 13.1. The van der Waals surface area contributed by atoms with Gasteiger partial charge in [0.25, 0.3) is 0 Å². The number of fused-ring (bicyclic) bond motifs is 1. The van der Waals surface area contributed by atoms with Crippen LogP contribution in [-0.4, -0.2) is 14.2 Å². The Morgan fingerprint density at radius 3 is 2.79 bits per heavy atom. The lowest BCUT2D eigenvalue weighted by Crippen LogP contribution is -2.03. The summed E-state index contributed by atoms with van der Waals surface area (Å²) in [5, 5.41) is 3.98. The summed E-state index contributed by atoms with van der Waals surface area (Å²) in [6.07, 6.45) is 0. The van der Waals surface area contributed by atoms with Crippen LogP contribution in [0.2, 0.25) is 0 Å². The molecule has 3 aromatic heterocycles. The third-order valence-corrected chi connectivity index (χ3v) is 7.21. The number of thiazole rings is 1. The van der Waals surface area contributed by atoms with Crippen LogP contribution < -0.4 is 4.72 Å². The van der Waals surface area contributed by atoms with Crippen LogP contribution in [-0.2, 0) is 11.0 Å². The SMILES string of the molecule is Cc1nc(-c2cc3cccc(NS(=O)c4cccs4)c3[nH]2)sc1C. The van der Waals surface area contributed by atoms with Crippen molar-refractivity contribution in [3.63, 3.8) is 0 Å². The van der Waals surface area contributed by atoms with Crippen molar-refractivity contribution in [2.24, 2.45) is 0 Å². The maximum Gasteiger partial charge on any atom is 0.160 e. The van der Waals surface area contributed by atoms with E-state index in [9.17, 15) is 4.21 Å². The van der Waals surface area contributed by atoms with E-state index in [1.54, 1.807) is 11.3 Å². The Morgan fingerprint density at radius 1 is 1.21 bits per heavy atom. The highest BCUT2D eigenvalue weighted by Crippen LogP contribution is 2.32. The van der Waals surface area contributed by atoms with E-state index in [4.69, 9.17) is 0 Å². The van der Waals surface area contributed by atoms with Crippen LogP contribution >= 0.6 is 22.7 Å². The topological polar surface area (TPSA) is 57.8 Å². The van der Waals surface area contributed by atoms with Gasteiger partial charge < -0.3 is 4.98 Å². The molecule has 0 spiro atoms. The summed E-state index contributed by atoms with van der Waals surface area (Å²) in [4.78, 5) is 9.26. The Hall–Kier alpha value is -1.96. The van der Waals surface area contributed by atoms with E-state index < -0.39 is 11.0 Å². The lowest BCUT2D eigenvalue weighted by molar-refractivity contribution is 0.687. The van der Waals surface area contributed by atoms with E-state index >= 15 is 0 Å². The van der Waals surface area contributed by atoms with Crippen LogP contribution in [0.25, 0.3) is 21.6 Å². The molecular weight excluding hydrogens is 358 g/mol. The van der Waals surface area contributed by atoms with E-state index in [1.165, 1.54) is 16.2 Å². The lowest BCUT2D eigenvalue weighted by Gasteiger charge is -2.05. The quantitative estimate of drug-likeness (QED) is 0.522. The number of aromatic amines is 1. The fourth-order valence-electron chi connectivity index (χ4n) is 2.46. The van der Waals surface area contributed by atoms with Crippen LogP contribution in [0.3, 0.4) is 0 Å². The number of nitrogens with one attached hydrogen (secondary N) is 2. The molecule has 0 aliphatic heterocycles. The molecule has 0 aliphatic carbocycles. The third kappa shape index (κ3) is 2.79. The minimum atomic E-state index is -1.26. The average Bonchev–Trinajstić information content (AvgIpc) is 3.28. The van der Waals surface area contributed by atoms with E-state index in [0.717, 1.165) is 37.2 Å². The second kappa shape index (κ2) is 6.16. The molecule has 0 fully saturated rings. The second-order valence-corrected chi connectivity index (χ2v) is 9.01. The van der Waals surface area contributed by atoms with Gasteiger partial charge in [0.2, 0.25) is 0 Å². The van der Waals surface area contributed by atoms with Gasteiger partial charge in [0.05, 0.1) is 22.6 Å². The standard InChI is InChI=1S/C17H15N3OS3/c1-10-11(2)23-17(18-10)14-9-12-5-3-6-13(16(12)19-14)20-24(21)15-7-4-8-22-15/h3-9,19-20H,1-2H3. The maximum absolute atomic E-state index is 12.4. The molecule has 1 atom stereocenters. The fraction of sp³-hybridized carbons (Fsp3) is 0.118. The van der Waals surface area contributed by atoms with Gasteiger partial charge in [-0.05, 0) is 37.4 Å². The average molecular weight is 374 g/mol. The molecule has 4 nitrogen and oxygen atoms in total. The van der Waals surface area contributed by atoms with Gasteiger partial charge >= 0.3 is 0 Å². The van der Waals surface area contributed by atoms with E-state index in [1.807, 2.05) is 42.6 Å². The third-order valence-electron chi connectivity index (χ3n) is 3.80. The molecule has 1 aromatic carbocycles. The number of aromatic nitrogens is 2. The molecule has 0 saturated carbocycles. The van der Waals surface area contributed by atoms with Gasteiger partial charge in [-0.3, -0.25) is 4.72 Å². The molecule has 24 heavy (non-hydrogen) atoms. The van der Waals surface area contributed by atoms with Crippen LogP contribution in [0.5, 0.6) is 0 Å². The molecule has 0 bridgehead atoms. The molecule has 2 N–H and O–H groups in total. The predicted molar refractivity (Wildman–Crippen MR) is 103 cm³/mol. The normalized spacial score (nSPS) is 12.6. The smallest absolute Gasteiger partial charge is 0.160 e. The van der Waals surface area contributed by atoms with Gasteiger partial charge in [0.1, 0.15) is 9.22 Å². The van der Waals surface area contributed by atoms with Crippen molar-refractivity contribution < 1.29 is 4.21 Å². The summed E-state index contributed by atoms with van der Waals surface area (Å²) in [6, 6.07) is 11.8. The van der Waals surface area contributed by atoms with Gasteiger partial charge in [-0.2, -0.15) is 0 Å². The highest BCUT2D eigenvalue weighted by molar-refractivity contribution is 7.88. The molecule has 0 radical (unpaired) electrons. The first kappa shape index (κ1) is 15.6. The summed E-state index contributed by atoms with van der Waals surface area (Å²) < 4.78 is 16.3. The molecule has 0 amide bonds. The Labute approximate surface area is 150 Å². The fourth-order valence-corrected chi connectivity index (χ4v) is 5.11. The van der Waals surface area contributed by atoms with E-state index in [2.05, 4.69) is 27.7 Å². The Balaban J connectivity index is 1.73. The van der Waals surface area contributed by atoms with Crippen molar-refractivity contribution >= 4 is 50.2 Å². The van der Waals surface area contributed by atoms with E-state index in [-0.39, 0.29) is 0 Å². The first-order chi connectivity index (χ1) is 11.6. The Kier molecular flexibility index (Phi) is 3.99. The Morgan fingerprint density at radius 2 is 2.08 bits per heavy atom. The minimum Gasteiger partial charge on any atom is -0.351 e. The van der Waals surface area contributed by atoms with Crippen LogP contribution in [0.15, 0.2) is 46.0 Å². The van der Waals surface area contributed by atoms with Gasteiger partial charge in [0, 0.05) is 10.3 Å². The number of benzene rings is 1. The Bertz CT molecular complexity index is 1010. The zero-order valence-corrected chi connectivity index (χ0v) is 15.6. The van der Waals surface area contributed by atoms with Crippen LogP contribution in [0.4, 0.5) is 5.69 Å². The summed E-state index contributed by atoms with van der Waals surface area (Å²) in [6.45, 7) is 4.10. The molecule has 3 heterocycles. The minimum absolute atomic E-state index is 0.810. The van der Waals surface area contributed by atoms with Crippen molar-refractivity contribution in [1.29, 1.82) is 0 Å². The molecule has 4 aromatic rings. The van der Waals surface area contributed by atoms with E-state index in [0.29, 0.717) is 0 Å². The molecule has 4 rings (SSSR count). The molecule has 1 unspecified atom stereocenters. The monoisotopic (exact) mass is 373 g/mol. The number of hydrogen-bond acceptors (Lipinski definition) is 4. The van der Waals surface area contributed by atoms with Gasteiger partial charge in [0.15, 0.2) is 11.0 Å². The van der Waals surface area contributed by atoms with Crippen molar-refractivity contribution in [2.75, 3.05) is 4.72 Å². The zero-order chi connectivity index (χ0) is 16.7. The van der Waals surface area contributed by atoms with Gasteiger partial charge in [-0.15, -0.1) is 22.7 Å². The first-order valence-corrected chi connectivity index (χ1v) is 10.2. The number of nitrogens with zero attached hydrogens (tertiary/aromatic N) is 1. The van der Waals surface area contributed by atoms with Crippen molar-refractivity contribution in [3.05, 3.63) is 52.3 Å². The summed E-state index contributed by atoms with van der Waals surface area (Å²) in [5.41, 5.74) is 3.83. The summed E-state index contributed by atoms with van der Waals surface area (Å²) >= 11 is 3.16. The number of anilines is 1. The van der Waals surface area contributed by atoms with Gasteiger partial charge in [-0.1, -0.05) is 18.2 Å². The highest BCUT2D eigenvalue weighted by Gasteiger charge is 2.13. The highest BCUT2D eigenvalue weighted by atomic mass is 32.2.